The SMILES string of the molecule is CCC(c1ccc(F)c(-c2ncnc3cc(N4CCOCC4)ccc23)c1)c1nccs1. The van der Waals surface area contributed by atoms with Crippen LogP contribution in [0.2, 0.25) is 0 Å². The van der Waals surface area contributed by atoms with Crippen LogP contribution in [-0.2, 0) is 4.74 Å². The molecule has 3 heterocycles. The number of benzene rings is 2. The summed E-state index contributed by atoms with van der Waals surface area (Å²) in [4.78, 5) is 15.7. The van der Waals surface area contributed by atoms with Gasteiger partial charge in [-0.2, -0.15) is 0 Å². The fraction of sp³-hybridized carbons (Fsp3) is 0.292. The number of aromatic nitrogens is 3. The highest BCUT2D eigenvalue weighted by Crippen LogP contribution is 2.35. The minimum absolute atomic E-state index is 0.139. The lowest BCUT2D eigenvalue weighted by Crippen LogP contribution is -2.36. The number of anilines is 1. The smallest absolute Gasteiger partial charge is 0.132 e. The van der Waals surface area contributed by atoms with E-state index in [9.17, 15) is 4.39 Å². The zero-order valence-electron chi connectivity index (χ0n) is 17.3. The molecule has 1 aliphatic heterocycles. The Morgan fingerprint density at radius 1 is 1.10 bits per heavy atom. The summed E-state index contributed by atoms with van der Waals surface area (Å²) in [6.07, 6.45) is 4.23. The molecule has 7 heteroatoms. The van der Waals surface area contributed by atoms with E-state index in [-0.39, 0.29) is 11.7 Å². The second-order valence-electron chi connectivity index (χ2n) is 7.59. The second kappa shape index (κ2) is 8.69. The van der Waals surface area contributed by atoms with Crippen LogP contribution in [0.1, 0.15) is 29.8 Å². The van der Waals surface area contributed by atoms with Crippen molar-refractivity contribution in [2.24, 2.45) is 0 Å². The quantitative estimate of drug-likeness (QED) is 0.428. The van der Waals surface area contributed by atoms with Crippen LogP contribution in [0.4, 0.5) is 10.1 Å². The molecule has 1 unspecified atom stereocenters. The van der Waals surface area contributed by atoms with E-state index < -0.39 is 0 Å². The van der Waals surface area contributed by atoms with Gasteiger partial charge in [0.2, 0.25) is 0 Å². The number of hydrogen-bond acceptors (Lipinski definition) is 6. The van der Waals surface area contributed by atoms with Crippen LogP contribution in [0.3, 0.4) is 0 Å². The predicted molar refractivity (Wildman–Crippen MR) is 122 cm³/mol. The van der Waals surface area contributed by atoms with Crippen molar-refractivity contribution in [2.75, 3.05) is 31.2 Å². The number of rotatable bonds is 5. The largest absolute Gasteiger partial charge is 0.378 e. The standard InChI is InChI=1S/C24H23FN4OS/c1-2-18(24-26-7-12-31-24)16-3-6-21(25)20(13-16)23-19-5-4-17(14-22(19)27-15-28-23)29-8-10-30-11-9-29/h3-7,12-15,18H,2,8-11H2,1H3. The Labute approximate surface area is 184 Å². The number of nitrogens with zero attached hydrogens (tertiary/aromatic N) is 4. The normalized spacial score (nSPS) is 15.4. The molecule has 0 N–H and O–H groups in total. The van der Waals surface area contributed by atoms with Crippen LogP contribution >= 0.6 is 11.3 Å². The summed E-state index contributed by atoms with van der Waals surface area (Å²) in [5.74, 6) is -0.143. The molecule has 1 aliphatic rings. The number of halogens is 1. The Kier molecular flexibility index (Phi) is 5.61. The fourth-order valence-electron chi connectivity index (χ4n) is 4.18. The van der Waals surface area contributed by atoms with Gasteiger partial charge in [-0.25, -0.2) is 19.3 Å². The first-order valence-corrected chi connectivity index (χ1v) is 11.4. The van der Waals surface area contributed by atoms with Gasteiger partial charge < -0.3 is 9.64 Å². The fourth-order valence-corrected chi connectivity index (χ4v) is 5.03. The minimum Gasteiger partial charge on any atom is -0.378 e. The van der Waals surface area contributed by atoms with Crippen molar-refractivity contribution in [3.63, 3.8) is 0 Å². The van der Waals surface area contributed by atoms with Crippen LogP contribution in [0.5, 0.6) is 0 Å². The molecule has 0 amide bonds. The molecule has 1 fully saturated rings. The molecule has 1 atom stereocenters. The molecular weight excluding hydrogens is 411 g/mol. The van der Waals surface area contributed by atoms with E-state index in [1.54, 1.807) is 11.3 Å². The molecule has 1 saturated heterocycles. The molecule has 0 saturated carbocycles. The van der Waals surface area contributed by atoms with Crippen LogP contribution in [0.25, 0.3) is 22.2 Å². The van der Waals surface area contributed by atoms with Crippen LogP contribution < -0.4 is 4.90 Å². The van der Waals surface area contributed by atoms with Crippen LogP contribution in [-0.4, -0.2) is 41.3 Å². The Balaban J connectivity index is 1.57. The first-order chi connectivity index (χ1) is 15.2. The first-order valence-electron chi connectivity index (χ1n) is 10.5. The van der Waals surface area contributed by atoms with Crippen molar-refractivity contribution < 1.29 is 9.13 Å². The highest BCUT2D eigenvalue weighted by molar-refractivity contribution is 7.09. The van der Waals surface area contributed by atoms with Gasteiger partial charge in [0.1, 0.15) is 12.1 Å². The zero-order chi connectivity index (χ0) is 21.2. The average molecular weight is 435 g/mol. The van der Waals surface area contributed by atoms with Crippen molar-refractivity contribution in [2.45, 2.75) is 19.3 Å². The number of hydrogen-bond donors (Lipinski definition) is 0. The molecular formula is C24H23FN4OS. The van der Waals surface area contributed by atoms with Crippen molar-refractivity contribution in [1.82, 2.24) is 15.0 Å². The lowest BCUT2D eigenvalue weighted by molar-refractivity contribution is 0.122. The van der Waals surface area contributed by atoms with Gasteiger partial charge in [-0.05, 0) is 42.3 Å². The summed E-state index contributed by atoms with van der Waals surface area (Å²) >= 11 is 1.63. The van der Waals surface area contributed by atoms with Crippen molar-refractivity contribution in [3.05, 3.63) is 70.7 Å². The Morgan fingerprint density at radius 3 is 2.74 bits per heavy atom. The summed E-state index contributed by atoms with van der Waals surface area (Å²) in [7, 11) is 0. The Bertz CT molecular complexity index is 1190. The average Bonchev–Trinajstić information content (AvgIpc) is 3.35. The molecule has 31 heavy (non-hydrogen) atoms. The van der Waals surface area contributed by atoms with E-state index >= 15 is 0 Å². The maximum atomic E-state index is 15.0. The summed E-state index contributed by atoms with van der Waals surface area (Å²) in [6, 6.07) is 11.4. The minimum atomic E-state index is -0.282. The topological polar surface area (TPSA) is 51.1 Å². The number of fused-ring (bicyclic) bond motifs is 1. The third-order valence-corrected chi connectivity index (χ3v) is 6.69. The van der Waals surface area contributed by atoms with E-state index in [1.807, 2.05) is 29.8 Å². The molecule has 0 bridgehead atoms. The van der Waals surface area contributed by atoms with E-state index in [2.05, 4.69) is 38.9 Å². The van der Waals surface area contributed by atoms with E-state index in [1.165, 1.54) is 12.4 Å². The third-order valence-electron chi connectivity index (χ3n) is 5.80. The van der Waals surface area contributed by atoms with Gasteiger partial charge in [0.25, 0.3) is 0 Å². The van der Waals surface area contributed by atoms with Gasteiger partial charge >= 0.3 is 0 Å². The van der Waals surface area contributed by atoms with Crippen LogP contribution in [0.15, 0.2) is 54.3 Å². The Hall–Kier alpha value is -2.90. The molecule has 5 nitrogen and oxygen atoms in total. The van der Waals surface area contributed by atoms with Crippen molar-refractivity contribution in [3.8, 4) is 11.3 Å². The molecule has 0 aliphatic carbocycles. The molecule has 0 radical (unpaired) electrons. The van der Waals surface area contributed by atoms with E-state index in [0.29, 0.717) is 11.3 Å². The number of ether oxygens (including phenoxy) is 1. The van der Waals surface area contributed by atoms with Gasteiger partial charge in [0.15, 0.2) is 0 Å². The summed E-state index contributed by atoms with van der Waals surface area (Å²) in [6.45, 7) is 5.29. The zero-order valence-corrected chi connectivity index (χ0v) is 18.1. The number of thiazole rings is 1. The molecule has 158 valence electrons. The molecule has 2 aromatic carbocycles. The lowest BCUT2D eigenvalue weighted by Gasteiger charge is -2.29. The maximum Gasteiger partial charge on any atom is 0.132 e. The Morgan fingerprint density at radius 2 is 1.97 bits per heavy atom. The predicted octanol–water partition coefficient (Wildman–Crippen LogP) is 5.27. The molecule has 4 aromatic rings. The van der Waals surface area contributed by atoms with Gasteiger partial charge in [-0.3, -0.25) is 0 Å². The van der Waals surface area contributed by atoms with E-state index in [0.717, 1.165) is 59.9 Å². The highest BCUT2D eigenvalue weighted by Gasteiger charge is 2.19. The summed E-state index contributed by atoms with van der Waals surface area (Å²) in [5, 5.41) is 3.87. The molecule has 5 rings (SSSR count). The van der Waals surface area contributed by atoms with Gasteiger partial charge in [-0.1, -0.05) is 13.0 Å². The third kappa shape index (κ3) is 3.91. The number of morpholine rings is 1. The highest BCUT2D eigenvalue weighted by atomic mass is 32.1. The lowest BCUT2D eigenvalue weighted by atomic mass is 9.93. The molecule has 2 aromatic heterocycles. The summed E-state index contributed by atoms with van der Waals surface area (Å²) < 4.78 is 20.4. The van der Waals surface area contributed by atoms with Gasteiger partial charge in [0, 0.05) is 47.2 Å². The summed E-state index contributed by atoms with van der Waals surface area (Å²) in [5.41, 5.74) is 4.08. The van der Waals surface area contributed by atoms with Crippen LogP contribution in [0, 0.1) is 5.82 Å². The van der Waals surface area contributed by atoms with Gasteiger partial charge in [-0.15, -0.1) is 11.3 Å². The van der Waals surface area contributed by atoms with E-state index in [4.69, 9.17) is 4.74 Å². The first kappa shape index (κ1) is 20.0. The monoisotopic (exact) mass is 434 g/mol. The van der Waals surface area contributed by atoms with Crippen molar-refractivity contribution >= 4 is 27.9 Å². The molecule has 0 spiro atoms. The van der Waals surface area contributed by atoms with Gasteiger partial charge in [0.05, 0.1) is 29.4 Å². The van der Waals surface area contributed by atoms with Crippen molar-refractivity contribution in [1.29, 1.82) is 0 Å². The second-order valence-corrected chi connectivity index (χ2v) is 8.52. The maximum absolute atomic E-state index is 15.0.